The van der Waals surface area contributed by atoms with Crippen molar-refractivity contribution >= 4 is 51.3 Å². The fourth-order valence-electron chi connectivity index (χ4n) is 5.17. The first kappa shape index (κ1) is 23.2. The lowest BCUT2D eigenvalue weighted by molar-refractivity contribution is -0.140. The zero-order chi connectivity index (χ0) is 22.0. The minimum atomic E-state index is -0.500. The SMILES string of the molecule is O=C(NCCNCl)C1C2CC(C3OC(c4ccc(Br)cc4)OC23)C1C(=O)NCCNCl. The Bertz CT molecular complexity index is 760. The molecule has 170 valence electrons. The molecule has 1 aromatic rings. The second-order valence-electron chi connectivity index (χ2n) is 8.05. The maximum absolute atomic E-state index is 13.0. The molecule has 1 heterocycles. The Kier molecular flexibility index (Phi) is 7.74. The van der Waals surface area contributed by atoms with Crippen LogP contribution in [0.4, 0.5) is 0 Å². The summed E-state index contributed by atoms with van der Waals surface area (Å²) in [4.78, 5) is 31.1. The number of hydrogen-bond donors (Lipinski definition) is 4. The molecule has 31 heavy (non-hydrogen) atoms. The van der Waals surface area contributed by atoms with Crippen molar-refractivity contribution in [1.29, 1.82) is 0 Å². The molecular formula is C20H25BrCl2N4O4. The zero-order valence-electron chi connectivity index (χ0n) is 16.7. The Hall–Kier alpha value is -0.940. The molecule has 1 aromatic carbocycles. The zero-order valence-corrected chi connectivity index (χ0v) is 19.8. The number of ether oxygens (including phenoxy) is 2. The largest absolute Gasteiger partial charge is 0.355 e. The van der Waals surface area contributed by atoms with Crippen LogP contribution in [0.25, 0.3) is 0 Å². The average molecular weight is 536 g/mol. The second-order valence-corrected chi connectivity index (χ2v) is 9.50. The topological polar surface area (TPSA) is 101 Å². The molecule has 2 aliphatic carbocycles. The molecule has 11 heteroatoms. The Morgan fingerprint density at radius 1 is 0.871 bits per heavy atom. The molecule has 2 bridgehead atoms. The van der Waals surface area contributed by atoms with Gasteiger partial charge in [-0.15, -0.1) is 0 Å². The summed E-state index contributed by atoms with van der Waals surface area (Å²) in [5.41, 5.74) is 0.917. The molecule has 8 nitrogen and oxygen atoms in total. The summed E-state index contributed by atoms with van der Waals surface area (Å²) in [5, 5.41) is 5.78. The van der Waals surface area contributed by atoms with Crippen LogP contribution in [-0.4, -0.2) is 50.2 Å². The van der Waals surface area contributed by atoms with Crippen LogP contribution < -0.4 is 20.3 Å². The Balaban J connectivity index is 1.51. The third-order valence-corrected chi connectivity index (χ3v) is 7.27. The van der Waals surface area contributed by atoms with Gasteiger partial charge in [-0.25, -0.2) is 9.67 Å². The van der Waals surface area contributed by atoms with Gasteiger partial charge in [-0.1, -0.05) is 28.1 Å². The van der Waals surface area contributed by atoms with Crippen LogP contribution in [0.2, 0.25) is 0 Å². The fourth-order valence-corrected chi connectivity index (χ4v) is 5.63. The van der Waals surface area contributed by atoms with Crippen LogP contribution in [0.1, 0.15) is 18.3 Å². The number of carbonyl (C=O) groups excluding carboxylic acids is 2. The van der Waals surface area contributed by atoms with Crippen LogP contribution in [0.3, 0.4) is 0 Å². The molecule has 2 saturated carbocycles. The summed E-state index contributed by atoms with van der Waals surface area (Å²) in [6.45, 7) is 1.63. The molecule has 0 aromatic heterocycles. The van der Waals surface area contributed by atoms with Gasteiger partial charge < -0.3 is 20.1 Å². The molecular weight excluding hydrogens is 511 g/mol. The Morgan fingerprint density at radius 3 is 1.81 bits per heavy atom. The molecule has 4 N–H and O–H groups in total. The molecule has 1 aliphatic heterocycles. The number of carbonyl (C=O) groups is 2. The van der Waals surface area contributed by atoms with Gasteiger partial charge in [-0.3, -0.25) is 9.59 Å². The highest BCUT2D eigenvalue weighted by atomic mass is 79.9. The second kappa shape index (κ2) is 10.3. The fraction of sp³-hybridized carbons (Fsp3) is 0.600. The number of benzene rings is 1. The summed E-state index contributed by atoms with van der Waals surface area (Å²) in [7, 11) is 0. The van der Waals surface area contributed by atoms with Crippen molar-refractivity contribution in [3.8, 4) is 0 Å². The first-order valence-electron chi connectivity index (χ1n) is 10.3. The number of rotatable bonds is 9. The van der Waals surface area contributed by atoms with Gasteiger partial charge in [0.1, 0.15) is 0 Å². The Labute approximate surface area is 199 Å². The van der Waals surface area contributed by atoms with E-state index in [4.69, 9.17) is 33.0 Å². The third-order valence-electron chi connectivity index (χ3n) is 6.37. The molecule has 6 atom stereocenters. The number of fused-ring (bicyclic) bond motifs is 5. The van der Waals surface area contributed by atoms with Gasteiger partial charge >= 0.3 is 0 Å². The van der Waals surface area contributed by atoms with Crippen molar-refractivity contribution in [3.63, 3.8) is 0 Å². The highest BCUT2D eigenvalue weighted by Crippen LogP contribution is 2.58. The highest BCUT2D eigenvalue weighted by molar-refractivity contribution is 9.10. The molecule has 1 saturated heterocycles. The first-order chi connectivity index (χ1) is 15.0. The van der Waals surface area contributed by atoms with Crippen molar-refractivity contribution in [2.45, 2.75) is 24.9 Å². The quantitative estimate of drug-likeness (QED) is 0.284. The van der Waals surface area contributed by atoms with E-state index in [2.05, 4.69) is 36.2 Å². The maximum atomic E-state index is 13.0. The highest BCUT2D eigenvalue weighted by Gasteiger charge is 2.66. The van der Waals surface area contributed by atoms with Crippen LogP contribution in [-0.2, 0) is 19.1 Å². The van der Waals surface area contributed by atoms with Gasteiger partial charge in [-0.05, 0) is 42.1 Å². The molecule has 0 spiro atoms. The lowest BCUT2D eigenvalue weighted by Gasteiger charge is -2.34. The van der Waals surface area contributed by atoms with Crippen molar-refractivity contribution < 1.29 is 19.1 Å². The van der Waals surface area contributed by atoms with E-state index in [9.17, 15) is 9.59 Å². The van der Waals surface area contributed by atoms with Crippen LogP contribution in [0, 0.1) is 23.7 Å². The number of amides is 2. The smallest absolute Gasteiger partial charge is 0.224 e. The number of halogens is 3. The summed E-state index contributed by atoms with van der Waals surface area (Å²) >= 11 is 14.4. The van der Waals surface area contributed by atoms with E-state index in [-0.39, 0.29) is 35.9 Å². The van der Waals surface area contributed by atoms with Crippen molar-refractivity contribution in [3.05, 3.63) is 34.3 Å². The van der Waals surface area contributed by atoms with Gasteiger partial charge in [0.05, 0.1) is 24.0 Å². The standard InChI is InChI=1S/C20H25BrCl2N4O4/c21-11-3-1-10(2-4-11)20-30-16-12-9-13(17(16)31-20)15(19(29)25-6-8-27-23)14(12)18(28)24-5-7-26-22/h1-4,12-17,20,26-27H,5-9H2,(H,24,28)(H,25,29). The van der Waals surface area contributed by atoms with Crippen LogP contribution >= 0.6 is 39.5 Å². The molecule has 3 fully saturated rings. The van der Waals surface area contributed by atoms with Gasteiger partial charge in [0.15, 0.2) is 6.29 Å². The van der Waals surface area contributed by atoms with Gasteiger partial charge in [0, 0.05) is 48.1 Å². The lowest BCUT2D eigenvalue weighted by Crippen LogP contribution is -2.52. The summed E-state index contributed by atoms with van der Waals surface area (Å²) in [6, 6.07) is 7.77. The number of hydrogen-bond acceptors (Lipinski definition) is 6. The minimum absolute atomic E-state index is 0.0821. The molecule has 6 unspecified atom stereocenters. The van der Waals surface area contributed by atoms with Crippen molar-refractivity contribution in [2.24, 2.45) is 23.7 Å². The van der Waals surface area contributed by atoms with Crippen LogP contribution in [0.15, 0.2) is 28.7 Å². The summed E-state index contributed by atoms with van der Waals surface area (Å²) in [5.74, 6) is -1.41. The average Bonchev–Trinajstić information content (AvgIpc) is 3.44. The van der Waals surface area contributed by atoms with Gasteiger partial charge in [0.25, 0.3) is 0 Å². The normalized spacial score (nSPS) is 33.3. The van der Waals surface area contributed by atoms with Gasteiger partial charge in [0.2, 0.25) is 11.8 Å². The third kappa shape index (κ3) is 4.73. The molecule has 2 amide bonds. The first-order valence-corrected chi connectivity index (χ1v) is 11.9. The van der Waals surface area contributed by atoms with E-state index in [0.717, 1.165) is 16.5 Å². The monoisotopic (exact) mass is 534 g/mol. The minimum Gasteiger partial charge on any atom is -0.355 e. The maximum Gasteiger partial charge on any atom is 0.224 e. The van der Waals surface area contributed by atoms with E-state index >= 15 is 0 Å². The molecule has 4 rings (SSSR count). The predicted octanol–water partition coefficient (Wildman–Crippen LogP) is 1.83. The number of nitrogens with one attached hydrogen (secondary N) is 4. The van der Waals surface area contributed by atoms with E-state index in [1.165, 1.54) is 0 Å². The van der Waals surface area contributed by atoms with E-state index in [0.29, 0.717) is 26.2 Å². The lowest BCUT2D eigenvalue weighted by atomic mass is 9.75. The van der Waals surface area contributed by atoms with E-state index in [1.807, 2.05) is 24.3 Å². The molecule has 3 aliphatic rings. The predicted molar refractivity (Wildman–Crippen MR) is 119 cm³/mol. The summed E-state index contributed by atoms with van der Waals surface area (Å²) in [6.07, 6.45) is -0.205. The van der Waals surface area contributed by atoms with Gasteiger partial charge in [-0.2, -0.15) is 0 Å². The van der Waals surface area contributed by atoms with Crippen LogP contribution in [0.5, 0.6) is 0 Å². The van der Waals surface area contributed by atoms with Crippen molar-refractivity contribution in [2.75, 3.05) is 26.2 Å². The molecule has 0 radical (unpaired) electrons. The van der Waals surface area contributed by atoms with E-state index in [1.54, 1.807) is 0 Å². The Morgan fingerprint density at radius 2 is 1.35 bits per heavy atom. The van der Waals surface area contributed by atoms with Crippen molar-refractivity contribution in [1.82, 2.24) is 20.3 Å². The summed E-state index contributed by atoms with van der Waals surface area (Å²) < 4.78 is 13.5. The van der Waals surface area contributed by atoms with E-state index < -0.39 is 18.1 Å².